The van der Waals surface area contributed by atoms with Crippen LogP contribution < -0.4 is 0 Å². The number of benzene rings is 2. The van der Waals surface area contributed by atoms with Crippen LogP contribution in [0.4, 0.5) is 0 Å². The molecule has 0 aromatic heterocycles. The van der Waals surface area contributed by atoms with Crippen LogP contribution in [0.2, 0.25) is 0 Å². The second-order valence-corrected chi connectivity index (χ2v) is 8.38. The molecular formula is C19H23NO3S. The Kier molecular flexibility index (Phi) is 5.78. The van der Waals surface area contributed by atoms with Crippen LogP contribution in [0.25, 0.3) is 0 Å². The molecular weight excluding hydrogens is 322 g/mol. The zero-order chi connectivity index (χ0) is 17.7. The Labute approximate surface area is 144 Å². The molecule has 4 nitrogen and oxygen atoms in total. The highest BCUT2D eigenvalue weighted by atomic mass is 32.2. The van der Waals surface area contributed by atoms with Crippen LogP contribution in [-0.2, 0) is 26.9 Å². The Hall–Kier alpha value is -2.14. The minimum Gasteiger partial charge on any atom is -0.340 e. The third-order valence-corrected chi connectivity index (χ3v) is 6.14. The number of hydrogen-bond donors (Lipinski definition) is 0. The maximum absolute atomic E-state index is 12.6. The zero-order valence-electron chi connectivity index (χ0n) is 14.3. The molecule has 2 aromatic carbocycles. The molecule has 0 heterocycles. The fourth-order valence-corrected chi connectivity index (χ4v) is 4.01. The van der Waals surface area contributed by atoms with Crippen molar-refractivity contribution in [3.63, 3.8) is 0 Å². The first kappa shape index (κ1) is 18.2. The van der Waals surface area contributed by atoms with Gasteiger partial charge in [0.25, 0.3) is 0 Å². The van der Waals surface area contributed by atoms with Crippen molar-refractivity contribution in [2.24, 2.45) is 0 Å². The van der Waals surface area contributed by atoms with Crippen molar-refractivity contribution in [2.75, 3.05) is 7.05 Å². The Bertz CT molecular complexity index is 800. The van der Waals surface area contributed by atoms with Crippen molar-refractivity contribution in [2.45, 2.75) is 31.4 Å². The van der Waals surface area contributed by atoms with Crippen molar-refractivity contribution >= 4 is 15.7 Å². The summed E-state index contributed by atoms with van der Waals surface area (Å²) in [6.45, 7) is 3.74. The molecule has 0 fully saturated rings. The highest BCUT2D eigenvalue weighted by Crippen LogP contribution is 2.17. The van der Waals surface area contributed by atoms with Crippen molar-refractivity contribution in [1.82, 2.24) is 4.90 Å². The largest absolute Gasteiger partial charge is 0.340 e. The Morgan fingerprint density at radius 3 is 2.25 bits per heavy atom. The number of aryl methyl sites for hydroxylation is 1. The normalized spacial score (nSPS) is 12.6. The molecule has 0 saturated carbocycles. The van der Waals surface area contributed by atoms with Gasteiger partial charge in [-0.3, -0.25) is 4.79 Å². The summed E-state index contributed by atoms with van der Waals surface area (Å²) in [6.07, 6.45) is 0. The number of hydrogen-bond acceptors (Lipinski definition) is 3. The molecule has 0 radical (unpaired) electrons. The summed E-state index contributed by atoms with van der Waals surface area (Å²) in [7, 11) is -1.93. The summed E-state index contributed by atoms with van der Waals surface area (Å²) in [5, 5.41) is -1.06. The smallest absolute Gasteiger partial charge is 0.240 e. The second kappa shape index (κ2) is 7.62. The van der Waals surface area contributed by atoms with E-state index < -0.39 is 15.1 Å². The highest BCUT2D eigenvalue weighted by molar-refractivity contribution is 7.92. The van der Waals surface area contributed by atoms with Crippen LogP contribution in [0.1, 0.15) is 23.6 Å². The molecule has 0 saturated heterocycles. The van der Waals surface area contributed by atoms with Gasteiger partial charge in [-0.15, -0.1) is 0 Å². The van der Waals surface area contributed by atoms with Gasteiger partial charge >= 0.3 is 0 Å². The Morgan fingerprint density at radius 1 is 1.04 bits per heavy atom. The lowest BCUT2D eigenvalue weighted by atomic mass is 10.1. The summed E-state index contributed by atoms with van der Waals surface area (Å²) in [5.41, 5.74) is 2.62. The van der Waals surface area contributed by atoms with E-state index >= 15 is 0 Å². The Balaban J connectivity index is 2.09. The van der Waals surface area contributed by atoms with Gasteiger partial charge in [-0.05, 0) is 30.5 Å². The zero-order valence-corrected chi connectivity index (χ0v) is 15.1. The van der Waals surface area contributed by atoms with Crippen LogP contribution in [-0.4, -0.2) is 31.5 Å². The predicted molar refractivity (Wildman–Crippen MR) is 96.2 cm³/mol. The topological polar surface area (TPSA) is 54.5 Å². The molecule has 0 N–H and O–H groups in total. The molecule has 24 heavy (non-hydrogen) atoms. The summed E-state index contributed by atoms with van der Waals surface area (Å²) in [5.74, 6) is -0.501. The molecule has 1 amide bonds. The lowest BCUT2D eigenvalue weighted by molar-refractivity contribution is -0.129. The number of carbonyl (C=O) groups is 1. The van der Waals surface area contributed by atoms with Gasteiger partial charge in [0.15, 0.2) is 9.84 Å². The number of carbonyl (C=O) groups excluding carboxylic acids is 1. The Morgan fingerprint density at radius 2 is 1.62 bits per heavy atom. The van der Waals surface area contributed by atoms with E-state index in [1.165, 1.54) is 11.8 Å². The average Bonchev–Trinajstić information content (AvgIpc) is 2.56. The minimum absolute atomic E-state index is 0.119. The molecule has 0 spiro atoms. The third kappa shape index (κ3) is 4.45. The SMILES string of the molecule is Cc1ccccc1CS(=O)(=O)C(C)C(=O)N(C)Cc1ccccc1. The summed E-state index contributed by atoms with van der Waals surface area (Å²) >= 11 is 0. The van der Waals surface area contributed by atoms with E-state index in [1.807, 2.05) is 55.5 Å². The first-order valence-electron chi connectivity index (χ1n) is 7.86. The van der Waals surface area contributed by atoms with Crippen molar-refractivity contribution in [3.05, 3.63) is 71.3 Å². The van der Waals surface area contributed by atoms with E-state index in [0.29, 0.717) is 6.54 Å². The number of sulfone groups is 1. The molecule has 0 aliphatic rings. The lowest BCUT2D eigenvalue weighted by Gasteiger charge is -2.22. The molecule has 2 aromatic rings. The maximum Gasteiger partial charge on any atom is 0.240 e. The van der Waals surface area contributed by atoms with Gasteiger partial charge in [0.2, 0.25) is 5.91 Å². The van der Waals surface area contributed by atoms with Gasteiger partial charge in [0, 0.05) is 13.6 Å². The molecule has 128 valence electrons. The van der Waals surface area contributed by atoms with Crippen molar-refractivity contribution in [1.29, 1.82) is 0 Å². The monoisotopic (exact) mass is 345 g/mol. The van der Waals surface area contributed by atoms with E-state index in [-0.39, 0.29) is 11.7 Å². The van der Waals surface area contributed by atoms with E-state index in [0.717, 1.165) is 16.7 Å². The molecule has 2 rings (SSSR count). The highest BCUT2D eigenvalue weighted by Gasteiger charge is 2.30. The lowest BCUT2D eigenvalue weighted by Crippen LogP contribution is -2.39. The molecule has 5 heteroatoms. The van der Waals surface area contributed by atoms with E-state index in [1.54, 1.807) is 13.1 Å². The first-order valence-corrected chi connectivity index (χ1v) is 9.58. The molecule has 0 bridgehead atoms. The van der Waals surface area contributed by atoms with Crippen LogP contribution in [0, 0.1) is 6.92 Å². The number of nitrogens with zero attached hydrogens (tertiary/aromatic N) is 1. The van der Waals surface area contributed by atoms with Gasteiger partial charge in [0.1, 0.15) is 5.25 Å². The molecule has 0 aliphatic heterocycles. The minimum atomic E-state index is -3.56. The predicted octanol–water partition coefficient (Wildman–Crippen LogP) is 2.96. The van der Waals surface area contributed by atoms with Crippen LogP contribution in [0.5, 0.6) is 0 Å². The van der Waals surface area contributed by atoms with Gasteiger partial charge < -0.3 is 4.90 Å². The third-order valence-electron chi connectivity index (χ3n) is 4.14. The summed E-state index contributed by atoms with van der Waals surface area (Å²) in [6, 6.07) is 16.9. The van der Waals surface area contributed by atoms with Crippen LogP contribution in [0.15, 0.2) is 54.6 Å². The summed E-state index contributed by atoms with van der Waals surface area (Å²) < 4.78 is 25.2. The van der Waals surface area contributed by atoms with Crippen molar-refractivity contribution < 1.29 is 13.2 Å². The standard InChI is InChI=1S/C19H23NO3S/c1-15-9-7-8-12-18(15)14-24(22,23)16(2)19(21)20(3)13-17-10-5-4-6-11-17/h4-12,16H,13-14H2,1-3H3. The molecule has 1 unspecified atom stereocenters. The first-order chi connectivity index (χ1) is 11.3. The van der Waals surface area contributed by atoms with Gasteiger partial charge in [0.05, 0.1) is 5.75 Å². The van der Waals surface area contributed by atoms with Gasteiger partial charge in [-0.1, -0.05) is 54.6 Å². The van der Waals surface area contributed by atoms with Gasteiger partial charge in [-0.25, -0.2) is 8.42 Å². The quantitative estimate of drug-likeness (QED) is 0.809. The van der Waals surface area contributed by atoms with E-state index in [9.17, 15) is 13.2 Å². The average molecular weight is 345 g/mol. The number of amides is 1. The van der Waals surface area contributed by atoms with E-state index in [4.69, 9.17) is 0 Å². The van der Waals surface area contributed by atoms with Gasteiger partial charge in [-0.2, -0.15) is 0 Å². The van der Waals surface area contributed by atoms with Crippen LogP contribution >= 0.6 is 0 Å². The fraction of sp³-hybridized carbons (Fsp3) is 0.316. The maximum atomic E-state index is 12.6. The fourth-order valence-electron chi connectivity index (χ4n) is 2.51. The van der Waals surface area contributed by atoms with E-state index in [2.05, 4.69) is 0 Å². The summed E-state index contributed by atoms with van der Waals surface area (Å²) in [4.78, 5) is 14.0. The molecule has 1 atom stereocenters. The number of rotatable bonds is 6. The molecule has 0 aliphatic carbocycles. The second-order valence-electron chi connectivity index (χ2n) is 6.06. The van der Waals surface area contributed by atoms with Crippen molar-refractivity contribution in [3.8, 4) is 0 Å². The van der Waals surface area contributed by atoms with Crippen LogP contribution in [0.3, 0.4) is 0 Å².